The molecule has 168 valence electrons. The van der Waals surface area contributed by atoms with Crippen molar-refractivity contribution in [3.05, 3.63) is 64.4 Å². The minimum atomic E-state index is -2.97. The molecule has 10 heteroatoms. The van der Waals surface area contributed by atoms with Crippen LogP contribution in [0.4, 0.5) is 8.78 Å². The van der Waals surface area contributed by atoms with E-state index in [4.69, 9.17) is 0 Å². The molecule has 1 heterocycles. The molecule has 0 bridgehead atoms. The Labute approximate surface area is 186 Å². The lowest BCUT2D eigenvalue weighted by Gasteiger charge is -2.12. The van der Waals surface area contributed by atoms with Crippen molar-refractivity contribution in [2.24, 2.45) is 0 Å². The van der Waals surface area contributed by atoms with E-state index in [2.05, 4.69) is 15.0 Å². The van der Waals surface area contributed by atoms with Crippen molar-refractivity contribution < 1.29 is 23.1 Å². The van der Waals surface area contributed by atoms with E-state index < -0.39 is 18.4 Å². The maximum absolute atomic E-state index is 12.9. The largest absolute Gasteiger partial charge is 0.435 e. The van der Waals surface area contributed by atoms with Crippen molar-refractivity contribution in [3.8, 4) is 5.75 Å². The summed E-state index contributed by atoms with van der Waals surface area (Å²) in [5.74, 6) is -1.47. The van der Waals surface area contributed by atoms with Gasteiger partial charge in [-0.1, -0.05) is 37.2 Å². The summed E-state index contributed by atoms with van der Waals surface area (Å²) in [5.41, 5.74) is 0.484. The number of hydrogen-bond acceptors (Lipinski definition) is 6. The molecule has 3 rings (SSSR count). The smallest absolute Gasteiger partial charge is 0.387 e. The molecule has 2 amide bonds. The van der Waals surface area contributed by atoms with Crippen molar-refractivity contribution in [2.45, 2.75) is 38.1 Å². The lowest BCUT2D eigenvalue weighted by Crippen LogP contribution is -2.32. The number of ether oxygens (including phenoxy) is 1. The van der Waals surface area contributed by atoms with Gasteiger partial charge in [-0.3, -0.25) is 24.3 Å². The van der Waals surface area contributed by atoms with Gasteiger partial charge in [0.25, 0.3) is 11.5 Å². The van der Waals surface area contributed by atoms with Gasteiger partial charge in [-0.2, -0.15) is 8.78 Å². The lowest BCUT2D eigenvalue weighted by molar-refractivity contribution is -0.117. The molecule has 0 atom stereocenters. The van der Waals surface area contributed by atoms with Crippen LogP contribution in [0.3, 0.4) is 0 Å². The third-order valence-electron chi connectivity index (χ3n) is 4.49. The van der Waals surface area contributed by atoms with Gasteiger partial charge in [0.05, 0.1) is 16.7 Å². The van der Waals surface area contributed by atoms with Crippen LogP contribution in [0.15, 0.2) is 58.5 Å². The first kappa shape index (κ1) is 23.4. The van der Waals surface area contributed by atoms with Crippen LogP contribution in [0.5, 0.6) is 5.75 Å². The van der Waals surface area contributed by atoms with E-state index in [0.717, 1.165) is 24.6 Å². The molecule has 0 spiro atoms. The normalized spacial score (nSPS) is 11.0. The minimum Gasteiger partial charge on any atom is -0.435 e. The molecule has 7 nitrogen and oxygen atoms in total. The molecule has 0 aliphatic carbocycles. The SMILES string of the molecule is CCCCn1c(SCC(=O)NC(=O)c2ccc(OC(F)F)cc2)nc2ccccc2c1=O. The monoisotopic (exact) mass is 461 g/mol. The van der Waals surface area contributed by atoms with Crippen molar-refractivity contribution in [3.63, 3.8) is 0 Å². The Bertz CT molecular complexity index is 1170. The van der Waals surface area contributed by atoms with Gasteiger partial charge in [-0.15, -0.1) is 0 Å². The molecule has 1 aromatic heterocycles. The molecule has 3 aromatic rings. The van der Waals surface area contributed by atoms with Gasteiger partial charge in [-0.05, 0) is 42.8 Å². The number of imide groups is 1. The van der Waals surface area contributed by atoms with Crippen LogP contribution >= 0.6 is 11.8 Å². The zero-order chi connectivity index (χ0) is 23.1. The first-order valence-corrected chi connectivity index (χ1v) is 10.9. The molecule has 0 unspecified atom stereocenters. The minimum absolute atomic E-state index is 0.0918. The Balaban J connectivity index is 1.68. The predicted octanol–water partition coefficient (Wildman–Crippen LogP) is 3.85. The van der Waals surface area contributed by atoms with E-state index in [1.807, 2.05) is 6.92 Å². The van der Waals surface area contributed by atoms with Gasteiger partial charge in [-0.25, -0.2) is 4.98 Å². The fraction of sp³-hybridized carbons (Fsp3) is 0.273. The second-order valence-electron chi connectivity index (χ2n) is 6.79. The Hall–Kier alpha value is -3.27. The van der Waals surface area contributed by atoms with Crippen LogP contribution in [0.2, 0.25) is 0 Å². The number of alkyl halides is 2. The Kier molecular flexibility index (Phi) is 7.93. The van der Waals surface area contributed by atoms with E-state index in [-0.39, 0.29) is 22.6 Å². The lowest BCUT2D eigenvalue weighted by atomic mass is 10.2. The maximum atomic E-state index is 12.9. The van der Waals surface area contributed by atoms with E-state index in [1.165, 1.54) is 24.3 Å². The number of aromatic nitrogens is 2. The second kappa shape index (κ2) is 10.9. The molecule has 0 fully saturated rings. The van der Waals surface area contributed by atoms with E-state index in [0.29, 0.717) is 22.6 Å². The predicted molar refractivity (Wildman–Crippen MR) is 117 cm³/mol. The van der Waals surface area contributed by atoms with Gasteiger partial charge in [0.2, 0.25) is 5.91 Å². The molecule has 0 radical (unpaired) electrons. The zero-order valence-electron chi connectivity index (χ0n) is 17.2. The summed E-state index contributed by atoms with van der Waals surface area (Å²) in [6, 6.07) is 12.0. The molecule has 2 aromatic carbocycles. The highest BCUT2D eigenvalue weighted by Crippen LogP contribution is 2.19. The van der Waals surface area contributed by atoms with Crippen LogP contribution in [0, 0.1) is 0 Å². The van der Waals surface area contributed by atoms with Crippen molar-refractivity contribution in [2.75, 3.05) is 5.75 Å². The molecular formula is C22H21F2N3O4S. The molecule has 0 aliphatic heterocycles. The van der Waals surface area contributed by atoms with Crippen LogP contribution in [-0.4, -0.2) is 33.7 Å². The number of nitrogens with zero attached hydrogens (tertiary/aromatic N) is 2. The highest BCUT2D eigenvalue weighted by molar-refractivity contribution is 7.99. The van der Waals surface area contributed by atoms with E-state index in [1.54, 1.807) is 28.8 Å². The Morgan fingerprint density at radius 2 is 1.88 bits per heavy atom. The van der Waals surface area contributed by atoms with E-state index >= 15 is 0 Å². The third kappa shape index (κ3) is 5.91. The number of rotatable bonds is 9. The molecular weight excluding hydrogens is 440 g/mol. The average molecular weight is 461 g/mol. The Morgan fingerprint density at radius 3 is 2.56 bits per heavy atom. The standard InChI is InChI=1S/C22H21F2N3O4S/c1-2-3-12-27-20(30)16-6-4-5-7-17(16)25-22(27)32-13-18(28)26-19(29)14-8-10-15(11-9-14)31-21(23)24/h4-11,21H,2-3,12-13H2,1H3,(H,26,28,29). The summed E-state index contributed by atoms with van der Waals surface area (Å²) < 4.78 is 30.2. The highest BCUT2D eigenvalue weighted by atomic mass is 32.2. The van der Waals surface area contributed by atoms with E-state index in [9.17, 15) is 23.2 Å². The van der Waals surface area contributed by atoms with Crippen molar-refractivity contribution >= 4 is 34.5 Å². The second-order valence-corrected chi connectivity index (χ2v) is 7.73. The van der Waals surface area contributed by atoms with Crippen molar-refractivity contribution in [1.29, 1.82) is 0 Å². The van der Waals surface area contributed by atoms with Gasteiger partial charge < -0.3 is 4.74 Å². The number of carbonyl (C=O) groups excluding carboxylic acids is 2. The maximum Gasteiger partial charge on any atom is 0.387 e. The van der Waals surface area contributed by atoms with Crippen LogP contribution < -0.4 is 15.6 Å². The number of benzene rings is 2. The van der Waals surface area contributed by atoms with Gasteiger partial charge in [0.15, 0.2) is 5.16 Å². The zero-order valence-corrected chi connectivity index (χ0v) is 18.0. The first-order valence-electron chi connectivity index (χ1n) is 9.90. The summed E-state index contributed by atoms with van der Waals surface area (Å²) in [6.45, 7) is -0.479. The number of amides is 2. The fourth-order valence-electron chi connectivity index (χ4n) is 2.92. The molecule has 1 N–H and O–H groups in total. The van der Waals surface area contributed by atoms with Crippen LogP contribution in [0.25, 0.3) is 10.9 Å². The number of thioether (sulfide) groups is 1. The topological polar surface area (TPSA) is 90.3 Å². The number of hydrogen-bond donors (Lipinski definition) is 1. The van der Waals surface area contributed by atoms with Crippen LogP contribution in [-0.2, 0) is 11.3 Å². The molecule has 0 saturated heterocycles. The number of carbonyl (C=O) groups is 2. The summed E-state index contributed by atoms with van der Waals surface area (Å²) >= 11 is 1.07. The number of para-hydroxylation sites is 1. The van der Waals surface area contributed by atoms with Crippen molar-refractivity contribution in [1.82, 2.24) is 14.9 Å². The summed E-state index contributed by atoms with van der Waals surface area (Å²) in [7, 11) is 0. The quantitative estimate of drug-likeness (QED) is 0.385. The number of nitrogens with one attached hydrogen (secondary N) is 1. The number of fused-ring (bicyclic) bond motifs is 1. The Morgan fingerprint density at radius 1 is 1.16 bits per heavy atom. The third-order valence-corrected chi connectivity index (χ3v) is 5.47. The number of halogens is 2. The van der Waals surface area contributed by atoms with Gasteiger partial charge in [0, 0.05) is 12.1 Å². The summed E-state index contributed by atoms with van der Waals surface area (Å²) in [6.07, 6.45) is 1.67. The number of unbranched alkanes of at least 4 members (excludes halogenated alkanes) is 1. The van der Waals surface area contributed by atoms with Gasteiger partial charge >= 0.3 is 6.61 Å². The average Bonchev–Trinajstić information content (AvgIpc) is 2.77. The fourth-order valence-corrected chi connectivity index (χ4v) is 3.75. The highest BCUT2D eigenvalue weighted by Gasteiger charge is 2.15. The summed E-state index contributed by atoms with van der Waals surface area (Å²) in [5, 5.41) is 3.15. The van der Waals surface area contributed by atoms with Gasteiger partial charge in [0.1, 0.15) is 5.75 Å². The molecule has 0 saturated carbocycles. The van der Waals surface area contributed by atoms with Crippen LogP contribution in [0.1, 0.15) is 30.1 Å². The summed E-state index contributed by atoms with van der Waals surface area (Å²) in [4.78, 5) is 41.9. The molecule has 0 aliphatic rings. The first-order chi connectivity index (χ1) is 15.4. The molecule has 32 heavy (non-hydrogen) atoms.